The lowest BCUT2D eigenvalue weighted by atomic mass is 9.90. The van der Waals surface area contributed by atoms with E-state index in [0.29, 0.717) is 0 Å². The second-order valence-electron chi connectivity index (χ2n) is 8.63. The van der Waals surface area contributed by atoms with Gasteiger partial charge in [0.05, 0.1) is 0 Å². The smallest absolute Gasteiger partial charge is 0.123 e. The molecule has 4 rings (SSSR count). The molecule has 0 aliphatic carbocycles. The first-order valence-electron chi connectivity index (χ1n) is 11.3. The highest BCUT2D eigenvalue weighted by Crippen LogP contribution is 2.22. The average molecular weight is 396 g/mol. The highest BCUT2D eigenvalue weighted by molar-refractivity contribution is 5.46. The Labute approximate surface area is 175 Å². The summed E-state index contributed by atoms with van der Waals surface area (Å²) in [5.41, 5.74) is 2.63. The van der Waals surface area contributed by atoms with Crippen molar-refractivity contribution in [1.82, 2.24) is 9.80 Å². The average Bonchev–Trinajstić information content (AvgIpc) is 2.77. The number of rotatable bonds is 7. The molecule has 156 valence electrons. The van der Waals surface area contributed by atoms with Gasteiger partial charge in [-0.15, -0.1) is 0 Å². The van der Waals surface area contributed by atoms with E-state index in [1.54, 1.807) is 12.1 Å². The number of hydrogen-bond donors (Lipinski definition) is 0. The minimum Gasteiger partial charge on any atom is -0.369 e. The van der Waals surface area contributed by atoms with Crippen LogP contribution in [-0.2, 0) is 6.42 Å². The van der Waals surface area contributed by atoms with Crippen LogP contribution in [0.5, 0.6) is 0 Å². The van der Waals surface area contributed by atoms with Crippen molar-refractivity contribution in [3.63, 3.8) is 0 Å². The number of piperazine rings is 1. The third-order valence-electron chi connectivity index (χ3n) is 6.59. The minimum absolute atomic E-state index is 0.156. The molecule has 0 atom stereocenters. The second kappa shape index (κ2) is 10.2. The third-order valence-corrected chi connectivity index (χ3v) is 6.59. The van der Waals surface area contributed by atoms with Gasteiger partial charge in [0, 0.05) is 31.9 Å². The van der Waals surface area contributed by atoms with E-state index in [0.717, 1.165) is 37.8 Å². The van der Waals surface area contributed by atoms with Crippen molar-refractivity contribution in [2.45, 2.75) is 25.7 Å². The monoisotopic (exact) mass is 395 g/mol. The van der Waals surface area contributed by atoms with Crippen LogP contribution in [0, 0.1) is 11.7 Å². The molecular weight excluding hydrogens is 361 g/mol. The Morgan fingerprint density at radius 2 is 1.34 bits per heavy atom. The SMILES string of the molecule is Fc1ccc(N2CCN(CCCN3CCC(Cc4ccccc4)CC3)CC2)cc1. The molecule has 0 bridgehead atoms. The van der Waals surface area contributed by atoms with Gasteiger partial charge in [0.25, 0.3) is 0 Å². The molecular formula is C25H34FN3. The molecule has 2 aliphatic heterocycles. The van der Waals surface area contributed by atoms with Crippen molar-refractivity contribution in [3.8, 4) is 0 Å². The lowest BCUT2D eigenvalue weighted by molar-refractivity contribution is 0.169. The Morgan fingerprint density at radius 3 is 2.00 bits per heavy atom. The largest absolute Gasteiger partial charge is 0.369 e. The summed E-state index contributed by atoms with van der Waals surface area (Å²) in [4.78, 5) is 7.62. The Balaban J connectivity index is 1.10. The predicted octanol–water partition coefficient (Wildman–Crippen LogP) is 4.29. The van der Waals surface area contributed by atoms with Gasteiger partial charge in [-0.25, -0.2) is 4.39 Å². The van der Waals surface area contributed by atoms with E-state index >= 15 is 0 Å². The lowest BCUT2D eigenvalue weighted by Gasteiger charge is -2.37. The molecule has 3 nitrogen and oxygen atoms in total. The van der Waals surface area contributed by atoms with Gasteiger partial charge in [-0.1, -0.05) is 30.3 Å². The first-order valence-corrected chi connectivity index (χ1v) is 11.3. The molecule has 2 aliphatic rings. The van der Waals surface area contributed by atoms with E-state index in [-0.39, 0.29) is 5.82 Å². The highest BCUT2D eigenvalue weighted by Gasteiger charge is 2.20. The van der Waals surface area contributed by atoms with Crippen LogP contribution in [0.2, 0.25) is 0 Å². The van der Waals surface area contributed by atoms with Crippen molar-refractivity contribution in [3.05, 3.63) is 66.0 Å². The van der Waals surface area contributed by atoms with Gasteiger partial charge in [0.2, 0.25) is 0 Å². The van der Waals surface area contributed by atoms with Crippen LogP contribution < -0.4 is 4.90 Å². The molecule has 2 aromatic carbocycles. The van der Waals surface area contributed by atoms with E-state index in [4.69, 9.17) is 0 Å². The molecule has 2 saturated heterocycles. The Bertz CT molecular complexity index is 717. The summed E-state index contributed by atoms with van der Waals surface area (Å²) < 4.78 is 13.1. The molecule has 2 heterocycles. The summed E-state index contributed by atoms with van der Waals surface area (Å²) in [5.74, 6) is 0.699. The van der Waals surface area contributed by atoms with Gasteiger partial charge in [0.1, 0.15) is 5.82 Å². The molecule has 0 amide bonds. The number of piperidine rings is 1. The molecule has 29 heavy (non-hydrogen) atoms. The summed E-state index contributed by atoms with van der Waals surface area (Å²) in [5, 5.41) is 0. The number of likely N-dealkylation sites (tertiary alicyclic amines) is 1. The van der Waals surface area contributed by atoms with Crippen LogP contribution in [0.3, 0.4) is 0 Å². The molecule has 0 unspecified atom stereocenters. The van der Waals surface area contributed by atoms with Crippen molar-refractivity contribution >= 4 is 5.69 Å². The Hall–Kier alpha value is -1.91. The molecule has 0 N–H and O–H groups in total. The summed E-state index contributed by atoms with van der Waals surface area (Å²) in [6, 6.07) is 17.9. The van der Waals surface area contributed by atoms with Crippen molar-refractivity contribution < 1.29 is 4.39 Å². The predicted molar refractivity (Wildman–Crippen MR) is 119 cm³/mol. The fourth-order valence-corrected chi connectivity index (χ4v) is 4.76. The van der Waals surface area contributed by atoms with Crippen LogP contribution in [0.4, 0.5) is 10.1 Å². The number of benzene rings is 2. The molecule has 0 saturated carbocycles. The summed E-state index contributed by atoms with van der Waals surface area (Å²) in [6.07, 6.45) is 5.18. The van der Waals surface area contributed by atoms with E-state index in [2.05, 4.69) is 45.0 Å². The van der Waals surface area contributed by atoms with Gasteiger partial charge < -0.3 is 9.80 Å². The molecule has 0 spiro atoms. The molecule has 2 fully saturated rings. The minimum atomic E-state index is -0.156. The topological polar surface area (TPSA) is 9.72 Å². The zero-order chi connectivity index (χ0) is 19.9. The van der Waals surface area contributed by atoms with Crippen LogP contribution in [0.25, 0.3) is 0 Å². The number of anilines is 1. The third kappa shape index (κ3) is 6.03. The fraction of sp³-hybridized carbons (Fsp3) is 0.520. The maximum absolute atomic E-state index is 13.1. The summed E-state index contributed by atoms with van der Waals surface area (Å²) in [7, 11) is 0. The first-order chi connectivity index (χ1) is 14.3. The standard InChI is InChI=1S/C25H34FN3/c26-24-7-9-25(10-8-24)29-19-17-28(18-20-29)14-4-13-27-15-11-23(12-16-27)21-22-5-2-1-3-6-22/h1-3,5-10,23H,4,11-21H2. The van der Waals surface area contributed by atoms with Gasteiger partial charge >= 0.3 is 0 Å². The molecule has 2 aromatic rings. The summed E-state index contributed by atoms with van der Waals surface area (Å²) >= 11 is 0. The van der Waals surface area contributed by atoms with Gasteiger partial charge in [-0.3, -0.25) is 4.90 Å². The van der Waals surface area contributed by atoms with Crippen molar-refractivity contribution in [2.24, 2.45) is 5.92 Å². The number of nitrogens with zero attached hydrogens (tertiary/aromatic N) is 3. The van der Waals surface area contributed by atoms with Crippen LogP contribution in [0.1, 0.15) is 24.8 Å². The normalized spacial score (nSPS) is 19.6. The Morgan fingerprint density at radius 1 is 0.724 bits per heavy atom. The van der Waals surface area contributed by atoms with E-state index in [1.807, 2.05) is 12.1 Å². The maximum atomic E-state index is 13.1. The van der Waals surface area contributed by atoms with Gasteiger partial charge in [-0.2, -0.15) is 0 Å². The summed E-state index contributed by atoms with van der Waals surface area (Å²) in [6.45, 7) is 9.24. The molecule has 0 aromatic heterocycles. The molecule has 0 radical (unpaired) electrons. The van der Waals surface area contributed by atoms with E-state index in [1.165, 1.54) is 57.4 Å². The quantitative estimate of drug-likeness (QED) is 0.692. The second-order valence-corrected chi connectivity index (χ2v) is 8.63. The van der Waals surface area contributed by atoms with Gasteiger partial charge in [0.15, 0.2) is 0 Å². The van der Waals surface area contributed by atoms with E-state index < -0.39 is 0 Å². The van der Waals surface area contributed by atoms with E-state index in [9.17, 15) is 4.39 Å². The van der Waals surface area contributed by atoms with Crippen molar-refractivity contribution in [1.29, 1.82) is 0 Å². The lowest BCUT2D eigenvalue weighted by Crippen LogP contribution is -2.47. The highest BCUT2D eigenvalue weighted by atomic mass is 19.1. The maximum Gasteiger partial charge on any atom is 0.123 e. The number of hydrogen-bond acceptors (Lipinski definition) is 3. The van der Waals surface area contributed by atoms with Crippen LogP contribution >= 0.6 is 0 Å². The first kappa shape index (κ1) is 20.4. The molecule has 4 heteroatoms. The van der Waals surface area contributed by atoms with Gasteiger partial charge in [-0.05, 0) is 87.6 Å². The van der Waals surface area contributed by atoms with Crippen LogP contribution in [-0.4, -0.2) is 62.2 Å². The van der Waals surface area contributed by atoms with Crippen molar-refractivity contribution in [2.75, 3.05) is 57.3 Å². The van der Waals surface area contributed by atoms with Crippen LogP contribution in [0.15, 0.2) is 54.6 Å². The fourth-order valence-electron chi connectivity index (χ4n) is 4.76. The zero-order valence-corrected chi connectivity index (χ0v) is 17.5. The number of halogens is 1. The zero-order valence-electron chi connectivity index (χ0n) is 17.5. The Kier molecular flexibility index (Phi) is 7.18.